The van der Waals surface area contributed by atoms with Crippen LogP contribution in [-0.2, 0) is 4.79 Å². The molecule has 0 aromatic carbocycles. The summed E-state index contributed by atoms with van der Waals surface area (Å²) in [7, 11) is 0. The molecule has 1 saturated heterocycles. The normalized spacial score (nSPS) is 27.5. The predicted molar refractivity (Wildman–Crippen MR) is 82.3 cm³/mol. The van der Waals surface area contributed by atoms with E-state index in [1.807, 2.05) is 18.7 Å². The molecule has 3 atom stereocenters. The van der Waals surface area contributed by atoms with Crippen molar-refractivity contribution in [3.8, 4) is 0 Å². The van der Waals surface area contributed by atoms with E-state index in [9.17, 15) is 9.59 Å². The molecule has 2 heterocycles. The zero-order valence-electron chi connectivity index (χ0n) is 13.3. The SMILES string of the molecule is CCC(=O)NC1CCCC2CN(C(=O)c3cc(C)[nH]n3)CC21. The quantitative estimate of drug-likeness (QED) is 0.888. The lowest BCUT2D eigenvalue weighted by Crippen LogP contribution is -2.45. The lowest BCUT2D eigenvalue weighted by atomic mass is 9.78. The molecule has 120 valence electrons. The molecule has 6 heteroatoms. The molecular formula is C16H24N4O2. The minimum absolute atomic E-state index is 0.000631. The fourth-order valence-corrected chi connectivity index (χ4v) is 3.82. The van der Waals surface area contributed by atoms with Crippen LogP contribution in [0, 0.1) is 18.8 Å². The molecule has 1 aromatic heterocycles. The summed E-state index contributed by atoms with van der Waals surface area (Å²) < 4.78 is 0. The Labute approximate surface area is 130 Å². The fraction of sp³-hybridized carbons (Fsp3) is 0.688. The summed E-state index contributed by atoms with van der Waals surface area (Å²) in [6.45, 7) is 5.28. The monoisotopic (exact) mass is 304 g/mol. The van der Waals surface area contributed by atoms with Crippen LogP contribution in [-0.4, -0.2) is 46.0 Å². The second kappa shape index (κ2) is 6.10. The molecule has 0 radical (unpaired) electrons. The third-order valence-corrected chi connectivity index (χ3v) is 4.98. The fourth-order valence-electron chi connectivity index (χ4n) is 3.82. The first-order valence-electron chi connectivity index (χ1n) is 8.19. The largest absolute Gasteiger partial charge is 0.353 e. The minimum Gasteiger partial charge on any atom is -0.353 e. The summed E-state index contributed by atoms with van der Waals surface area (Å²) in [5, 5.41) is 10.0. The van der Waals surface area contributed by atoms with Crippen LogP contribution >= 0.6 is 0 Å². The van der Waals surface area contributed by atoms with E-state index in [1.54, 1.807) is 6.07 Å². The van der Waals surface area contributed by atoms with Crippen LogP contribution in [0.5, 0.6) is 0 Å². The van der Waals surface area contributed by atoms with E-state index >= 15 is 0 Å². The van der Waals surface area contributed by atoms with Gasteiger partial charge in [0, 0.05) is 37.2 Å². The van der Waals surface area contributed by atoms with E-state index in [0.29, 0.717) is 24.0 Å². The van der Waals surface area contributed by atoms with Crippen LogP contribution in [0.3, 0.4) is 0 Å². The molecule has 1 saturated carbocycles. The highest BCUT2D eigenvalue weighted by Gasteiger charge is 2.42. The Balaban J connectivity index is 1.68. The van der Waals surface area contributed by atoms with Gasteiger partial charge in [0.2, 0.25) is 5.91 Å². The molecule has 2 amide bonds. The van der Waals surface area contributed by atoms with Gasteiger partial charge in [-0.15, -0.1) is 0 Å². The molecule has 3 unspecified atom stereocenters. The number of hydrogen-bond acceptors (Lipinski definition) is 3. The highest BCUT2D eigenvalue weighted by molar-refractivity contribution is 5.92. The highest BCUT2D eigenvalue weighted by Crippen LogP contribution is 2.37. The van der Waals surface area contributed by atoms with Gasteiger partial charge in [-0.05, 0) is 31.7 Å². The molecule has 22 heavy (non-hydrogen) atoms. The van der Waals surface area contributed by atoms with Gasteiger partial charge >= 0.3 is 0 Å². The van der Waals surface area contributed by atoms with Crippen molar-refractivity contribution in [1.82, 2.24) is 20.4 Å². The molecular weight excluding hydrogens is 280 g/mol. The number of aryl methyl sites for hydroxylation is 1. The molecule has 0 bridgehead atoms. The van der Waals surface area contributed by atoms with Crippen LogP contribution in [0.4, 0.5) is 0 Å². The third kappa shape index (κ3) is 2.87. The first kappa shape index (κ1) is 15.1. The average Bonchev–Trinajstić information content (AvgIpc) is 3.13. The Kier molecular flexibility index (Phi) is 4.18. The Bertz CT molecular complexity index is 568. The van der Waals surface area contributed by atoms with Crippen molar-refractivity contribution in [2.75, 3.05) is 13.1 Å². The van der Waals surface area contributed by atoms with Crippen molar-refractivity contribution in [3.63, 3.8) is 0 Å². The van der Waals surface area contributed by atoms with Gasteiger partial charge in [-0.2, -0.15) is 5.10 Å². The van der Waals surface area contributed by atoms with Gasteiger partial charge in [0.25, 0.3) is 5.91 Å². The maximum absolute atomic E-state index is 12.5. The Hall–Kier alpha value is -1.85. The van der Waals surface area contributed by atoms with Gasteiger partial charge in [0.15, 0.2) is 0 Å². The standard InChI is InChI=1S/C16H24N4O2/c1-3-15(21)17-13-6-4-5-11-8-20(9-12(11)13)16(22)14-7-10(2)18-19-14/h7,11-13H,3-6,8-9H2,1-2H3,(H,17,21)(H,18,19). The first-order valence-corrected chi connectivity index (χ1v) is 8.19. The number of rotatable bonds is 3. The van der Waals surface area contributed by atoms with Crippen molar-refractivity contribution in [3.05, 3.63) is 17.5 Å². The Morgan fingerprint density at radius 2 is 2.23 bits per heavy atom. The molecule has 1 aliphatic carbocycles. The van der Waals surface area contributed by atoms with E-state index in [1.165, 1.54) is 0 Å². The number of likely N-dealkylation sites (tertiary alicyclic amines) is 1. The number of hydrogen-bond donors (Lipinski definition) is 2. The number of carbonyl (C=O) groups excluding carboxylic acids is 2. The first-order chi connectivity index (χ1) is 10.6. The molecule has 1 aromatic rings. The van der Waals surface area contributed by atoms with Gasteiger partial charge < -0.3 is 10.2 Å². The zero-order chi connectivity index (χ0) is 15.7. The van der Waals surface area contributed by atoms with Crippen LogP contribution in [0.25, 0.3) is 0 Å². The van der Waals surface area contributed by atoms with E-state index in [-0.39, 0.29) is 17.9 Å². The lowest BCUT2D eigenvalue weighted by molar-refractivity contribution is -0.122. The topological polar surface area (TPSA) is 78.1 Å². The molecule has 1 aliphatic heterocycles. The van der Waals surface area contributed by atoms with Crippen molar-refractivity contribution in [2.24, 2.45) is 11.8 Å². The molecule has 3 rings (SSSR count). The number of fused-ring (bicyclic) bond motifs is 1. The third-order valence-electron chi connectivity index (χ3n) is 4.98. The second-order valence-corrected chi connectivity index (χ2v) is 6.53. The van der Waals surface area contributed by atoms with E-state index in [0.717, 1.165) is 38.0 Å². The van der Waals surface area contributed by atoms with Crippen molar-refractivity contribution >= 4 is 11.8 Å². The van der Waals surface area contributed by atoms with E-state index < -0.39 is 0 Å². The highest BCUT2D eigenvalue weighted by atomic mass is 16.2. The summed E-state index contributed by atoms with van der Waals surface area (Å²) >= 11 is 0. The summed E-state index contributed by atoms with van der Waals surface area (Å²) in [5.41, 5.74) is 1.39. The average molecular weight is 304 g/mol. The maximum Gasteiger partial charge on any atom is 0.274 e. The summed E-state index contributed by atoms with van der Waals surface area (Å²) in [4.78, 5) is 26.2. The molecule has 0 spiro atoms. The summed E-state index contributed by atoms with van der Waals surface area (Å²) in [5.74, 6) is 0.991. The molecule has 2 aliphatic rings. The van der Waals surface area contributed by atoms with Crippen LogP contribution in [0.15, 0.2) is 6.07 Å². The minimum atomic E-state index is -0.000631. The van der Waals surface area contributed by atoms with Crippen molar-refractivity contribution in [1.29, 1.82) is 0 Å². The van der Waals surface area contributed by atoms with Gasteiger partial charge in [-0.25, -0.2) is 0 Å². The number of nitrogens with one attached hydrogen (secondary N) is 2. The van der Waals surface area contributed by atoms with Gasteiger partial charge in [-0.1, -0.05) is 13.3 Å². The van der Waals surface area contributed by atoms with Crippen LogP contribution in [0.2, 0.25) is 0 Å². The van der Waals surface area contributed by atoms with E-state index in [4.69, 9.17) is 0 Å². The Morgan fingerprint density at radius 3 is 2.91 bits per heavy atom. The van der Waals surface area contributed by atoms with Crippen molar-refractivity contribution < 1.29 is 9.59 Å². The summed E-state index contributed by atoms with van der Waals surface area (Å²) in [6, 6.07) is 2.01. The molecule has 6 nitrogen and oxygen atoms in total. The van der Waals surface area contributed by atoms with Crippen LogP contribution in [0.1, 0.15) is 48.8 Å². The lowest BCUT2D eigenvalue weighted by Gasteiger charge is -2.33. The number of nitrogens with zero attached hydrogens (tertiary/aromatic N) is 2. The predicted octanol–water partition coefficient (Wildman–Crippen LogP) is 1.49. The number of carbonyl (C=O) groups is 2. The number of amides is 2. The van der Waals surface area contributed by atoms with Gasteiger partial charge in [-0.3, -0.25) is 14.7 Å². The molecule has 2 fully saturated rings. The van der Waals surface area contributed by atoms with Crippen molar-refractivity contribution in [2.45, 2.75) is 45.6 Å². The summed E-state index contributed by atoms with van der Waals surface area (Å²) in [6.07, 6.45) is 3.81. The smallest absolute Gasteiger partial charge is 0.274 e. The maximum atomic E-state index is 12.5. The number of aromatic nitrogens is 2. The number of aromatic amines is 1. The molecule has 2 N–H and O–H groups in total. The Morgan fingerprint density at radius 1 is 1.41 bits per heavy atom. The zero-order valence-corrected chi connectivity index (χ0v) is 13.3. The van der Waals surface area contributed by atoms with E-state index in [2.05, 4.69) is 15.5 Å². The van der Waals surface area contributed by atoms with Gasteiger partial charge in [0.05, 0.1) is 0 Å². The number of H-pyrrole nitrogens is 1. The van der Waals surface area contributed by atoms with Gasteiger partial charge in [0.1, 0.15) is 5.69 Å². The van der Waals surface area contributed by atoms with Crippen LogP contribution < -0.4 is 5.32 Å². The second-order valence-electron chi connectivity index (χ2n) is 6.53.